The molecule has 8 nitrogen and oxygen atoms in total. The number of carbonyl (C=O) groups is 1. The molecule has 0 spiro atoms. The first kappa shape index (κ1) is 22.9. The highest BCUT2D eigenvalue weighted by Gasteiger charge is 2.36. The predicted molar refractivity (Wildman–Crippen MR) is 139 cm³/mol. The third kappa shape index (κ3) is 4.98. The number of hydrazone groups is 1. The van der Waals surface area contributed by atoms with Crippen LogP contribution in [-0.2, 0) is 4.79 Å². The SMILES string of the molecule is COc1cc(C=C2C(=N)N3N=C(c4cccs4)SC3=NC2=O)ccc1OCCOc1ccccc1. The maximum Gasteiger partial charge on any atom is 0.283 e. The zero-order valence-corrected chi connectivity index (χ0v) is 20.3. The maximum absolute atomic E-state index is 12.7. The van der Waals surface area contributed by atoms with Crippen LogP contribution in [0.1, 0.15) is 10.4 Å². The van der Waals surface area contributed by atoms with Gasteiger partial charge in [0.15, 0.2) is 17.3 Å². The highest BCUT2D eigenvalue weighted by Crippen LogP contribution is 2.33. The fourth-order valence-corrected chi connectivity index (χ4v) is 5.06. The summed E-state index contributed by atoms with van der Waals surface area (Å²) in [7, 11) is 1.55. The van der Waals surface area contributed by atoms with Gasteiger partial charge < -0.3 is 14.2 Å². The molecule has 0 bridgehead atoms. The van der Waals surface area contributed by atoms with Crippen LogP contribution in [-0.4, -0.2) is 47.3 Å². The molecule has 35 heavy (non-hydrogen) atoms. The van der Waals surface area contributed by atoms with Crippen molar-refractivity contribution in [2.75, 3.05) is 20.3 Å². The van der Waals surface area contributed by atoms with Crippen molar-refractivity contribution in [2.24, 2.45) is 10.1 Å². The van der Waals surface area contributed by atoms with Crippen LogP contribution < -0.4 is 14.2 Å². The van der Waals surface area contributed by atoms with Gasteiger partial charge in [0.2, 0.25) is 5.17 Å². The van der Waals surface area contributed by atoms with Crippen LogP contribution in [0.2, 0.25) is 0 Å². The number of ether oxygens (including phenoxy) is 3. The smallest absolute Gasteiger partial charge is 0.283 e. The van der Waals surface area contributed by atoms with Crippen molar-refractivity contribution in [1.82, 2.24) is 5.01 Å². The average Bonchev–Trinajstić information content (AvgIpc) is 3.56. The lowest BCUT2D eigenvalue weighted by Crippen LogP contribution is -2.35. The molecule has 10 heteroatoms. The highest BCUT2D eigenvalue weighted by molar-refractivity contribution is 8.27. The maximum atomic E-state index is 12.7. The number of carbonyl (C=O) groups excluding carboxylic acids is 1. The molecule has 0 fully saturated rings. The zero-order chi connectivity index (χ0) is 24.2. The second kappa shape index (κ2) is 10.2. The van der Waals surface area contributed by atoms with E-state index in [0.29, 0.717) is 35.4 Å². The molecule has 0 unspecified atom stereocenters. The van der Waals surface area contributed by atoms with Crippen LogP contribution >= 0.6 is 23.1 Å². The van der Waals surface area contributed by atoms with Gasteiger partial charge in [-0.2, -0.15) is 15.1 Å². The van der Waals surface area contributed by atoms with Crippen molar-refractivity contribution in [1.29, 1.82) is 5.41 Å². The fourth-order valence-electron chi connectivity index (χ4n) is 3.38. The summed E-state index contributed by atoms with van der Waals surface area (Å²) in [6.07, 6.45) is 1.61. The number of para-hydroxylation sites is 1. The first-order valence-corrected chi connectivity index (χ1v) is 12.3. The normalized spacial score (nSPS) is 16.1. The molecule has 5 rings (SSSR count). The van der Waals surface area contributed by atoms with Gasteiger partial charge in [0.1, 0.15) is 24.0 Å². The van der Waals surface area contributed by atoms with E-state index in [1.54, 1.807) is 42.7 Å². The number of amidine groups is 2. The van der Waals surface area contributed by atoms with E-state index in [1.165, 1.54) is 16.8 Å². The van der Waals surface area contributed by atoms with E-state index in [0.717, 1.165) is 15.7 Å². The number of rotatable bonds is 8. The lowest BCUT2D eigenvalue weighted by molar-refractivity contribution is -0.114. The largest absolute Gasteiger partial charge is 0.493 e. The summed E-state index contributed by atoms with van der Waals surface area (Å²) in [5.74, 6) is 1.34. The second-order valence-electron chi connectivity index (χ2n) is 7.32. The number of hydrogen-bond donors (Lipinski definition) is 1. The first-order valence-electron chi connectivity index (χ1n) is 10.6. The van der Waals surface area contributed by atoms with Crippen molar-refractivity contribution < 1.29 is 19.0 Å². The first-order chi connectivity index (χ1) is 17.1. The summed E-state index contributed by atoms with van der Waals surface area (Å²) in [4.78, 5) is 17.8. The van der Waals surface area contributed by atoms with Crippen LogP contribution in [0.5, 0.6) is 17.2 Å². The number of fused-ring (bicyclic) bond motifs is 1. The molecule has 0 atom stereocenters. The molecule has 0 saturated carbocycles. The van der Waals surface area contributed by atoms with Gasteiger partial charge in [0, 0.05) is 0 Å². The molecule has 2 aromatic carbocycles. The lowest BCUT2D eigenvalue weighted by atomic mass is 10.1. The van der Waals surface area contributed by atoms with E-state index >= 15 is 0 Å². The Morgan fingerprint density at radius 2 is 1.86 bits per heavy atom. The van der Waals surface area contributed by atoms with Crippen LogP contribution in [0.4, 0.5) is 0 Å². The number of benzene rings is 2. The van der Waals surface area contributed by atoms with Crippen LogP contribution in [0.15, 0.2) is 81.7 Å². The molecule has 1 aromatic heterocycles. The molecule has 0 saturated heterocycles. The Morgan fingerprint density at radius 3 is 2.63 bits per heavy atom. The minimum absolute atomic E-state index is 0.0172. The Kier molecular flexibility index (Phi) is 6.64. The Hall–Kier alpha value is -3.89. The van der Waals surface area contributed by atoms with E-state index in [9.17, 15) is 4.79 Å². The van der Waals surface area contributed by atoms with Crippen molar-refractivity contribution in [3.8, 4) is 17.2 Å². The Morgan fingerprint density at radius 1 is 1.03 bits per heavy atom. The third-order valence-corrected chi connectivity index (χ3v) is 6.99. The quantitative estimate of drug-likeness (QED) is 0.347. The second-order valence-corrected chi connectivity index (χ2v) is 9.23. The Labute approximate surface area is 210 Å². The molecule has 1 amide bonds. The number of methoxy groups -OCH3 is 1. The predicted octanol–water partition coefficient (Wildman–Crippen LogP) is 4.88. The van der Waals surface area contributed by atoms with E-state index in [-0.39, 0.29) is 11.4 Å². The van der Waals surface area contributed by atoms with Crippen LogP contribution in [0.25, 0.3) is 6.08 Å². The number of nitrogens with one attached hydrogen (secondary N) is 1. The molecule has 0 radical (unpaired) electrons. The van der Waals surface area contributed by atoms with Gasteiger partial charge in [-0.1, -0.05) is 30.3 Å². The van der Waals surface area contributed by atoms with E-state index in [4.69, 9.17) is 19.6 Å². The number of nitrogens with zero attached hydrogens (tertiary/aromatic N) is 3. The molecular weight excluding hydrogens is 484 g/mol. The summed E-state index contributed by atoms with van der Waals surface area (Å²) in [6, 6.07) is 18.7. The molecular formula is C25H20N4O4S2. The van der Waals surface area contributed by atoms with Gasteiger partial charge in [0.05, 0.1) is 17.6 Å². The van der Waals surface area contributed by atoms with Crippen molar-refractivity contribution in [2.45, 2.75) is 0 Å². The highest BCUT2D eigenvalue weighted by atomic mass is 32.2. The monoisotopic (exact) mass is 504 g/mol. The van der Waals surface area contributed by atoms with Gasteiger partial charge in [0.25, 0.3) is 5.91 Å². The van der Waals surface area contributed by atoms with E-state index in [1.807, 2.05) is 47.8 Å². The van der Waals surface area contributed by atoms with Gasteiger partial charge in [-0.15, -0.1) is 11.3 Å². The summed E-state index contributed by atoms with van der Waals surface area (Å²) in [5, 5.41) is 17.5. The van der Waals surface area contributed by atoms with Crippen molar-refractivity contribution >= 4 is 51.1 Å². The molecule has 0 aliphatic carbocycles. The minimum atomic E-state index is -0.478. The molecule has 176 valence electrons. The average molecular weight is 505 g/mol. The number of aliphatic imine (C=N–C) groups is 1. The number of thiophene rings is 1. The topological polar surface area (TPSA) is 96.6 Å². The van der Waals surface area contributed by atoms with E-state index in [2.05, 4.69) is 10.1 Å². The van der Waals surface area contributed by atoms with E-state index < -0.39 is 5.91 Å². The van der Waals surface area contributed by atoms with Crippen molar-refractivity contribution in [3.05, 3.63) is 82.1 Å². The fraction of sp³-hybridized carbons (Fsp3) is 0.120. The standard InChI is InChI=1S/C25H20N4O4S2/c1-31-20-15-16(9-10-19(20)33-12-11-32-17-6-3-2-4-7-17)14-18-22(26)29-25(27-23(18)30)35-24(28-29)21-8-5-13-34-21/h2-10,13-15,26H,11-12H2,1H3. The third-order valence-electron chi connectivity index (χ3n) is 5.04. The summed E-state index contributed by atoms with van der Waals surface area (Å²) in [6.45, 7) is 0.719. The molecule has 3 heterocycles. The van der Waals surface area contributed by atoms with Crippen LogP contribution in [0.3, 0.4) is 0 Å². The molecule has 3 aromatic rings. The zero-order valence-electron chi connectivity index (χ0n) is 18.6. The van der Waals surface area contributed by atoms with Gasteiger partial charge in [-0.05, 0) is 59.1 Å². The Bertz CT molecular complexity index is 1350. The number of thioether (sulfide) groups is 1. The van der Waals surface area contributed by atoms with Gasteiger partial charge in [-0.25, -0.2) is 0 Å². The number of hydrogen-bond acceptors (Lipinski definition) is 8. The molecule has 2 aliphatic heterocycles. The summed E-state index contributed by atoms with van der Waals surface area (Å²) < 4.78 is 16.9. The Balaban J connectivity index is 1.29. The van der Waals surface area contributed by atoms with Crippen molar-refractivity contribution in [3.63, 3.8) is 0 Å². The lowest BCUT2D eigenvalue weighted by Gasteiger charge is -2.20. The van der Waals surface area contributed by atoms with Gasteiger partial charge >= 0.3 is 0 Å². The van der Waals surface area contributed by atoms with Gasteiger partial charge in [-0.3, -0.25) is 10.2 Å². The summed E-state index contributed by atoms with van der Waals surface area (Å²) >= 11 is 2.83. The summed E-state index contributed by atoms with van der Waals surface area (Å²) in [5.41, 5.74) is 0.827. The van der Waals surface area contributed by atoms with Crippen LogP contribution in [0, 0.1) is 5.41 Å². The molecule has 2 aliphatic rings. The molecule has 1 N–H and O–H groups in total. The number of amides is 1. The minimum Gasteiger partial charge on any atom is -0.493 e.